The first kappa shape index (κ1) is 21.0. The summed E-state index contributed by atoms with van der Waals surface area (Å²) in [6.07, 6.45) is 1.68. The van der Waals surface area contributed by atoms with Crippen molar-refractivity contribution in [3.63, 3.8) is 0 Å². The molecule has 2 unspecified atom stereocenters. The fourth-order valence-electron chi connectivity index (χ4n) is 4.47. The third-order valence-electron chi connectivity index (χ3n) is 6.10. The Morgan fingerprint density at radius 3 is 2.67 bits per heavy atom. The molecular formula is C23H27NO5S. The van der Waals surface area contributed by atoms with Crippen LogP contribution < -0.4 is 4.90 Å². The lowest BCUT2D eigenvalue weighted by molar-refractivity contribution is -0.118. The van der Waals surface area contributed by atoms with E-state index in [4.69, 9.17) is 4.74 Å². The smallest absolute Gasteiger partial charge is 0.227 e. The van der Waals surface area contributed by atoms with Gasteiger partial charge in [0.1, 0.15) is 0 Å². The van der Waals surface area contributed by atoms with Crippen LogP contribution in [0.1, 0.15) is 44.2 Å². The molecular weight excluding hydrogens is 402 g/mol. The zero-order valence-corrected chi connectivity index (χ0v) is 18.1. The largest absolute Gasteiger partial charge is 0.385 e. The third-order valence-corrected chi connectivity index (χ3v) is 7.85. The number of nitrogens with zero attached hydrogens (tertiary/aromatic N) is 1. The van der Waals surface area contributed by atoms with Crippen LogP contribution in [0, 0.1) is 0 Å². The SMILES string of the molecule is CCN1C(=O)CCc2cc(S(=O)(=O)c3cccc(C4(O)CCOC(C)C4)c3)ccc21. The Morgan fingerprint density at radius 1 is 1.17 bits per heavy atom. The van der Waals surface area contributed by atoms with Crippen LogP contribution in [0.3, 0.4) is 0 Å². The average Bonchev–Trinajstić information content (AvgIpc) is 2.73. The van der Waals surface area contributed by atoms with Crippen molar-refractivity contribution >= 4 is 21.4 Å². The number of hydrogen-bond acceptors (Lipinski definition) is 5. The second-order valence-electron chi connectivity index (χ2n) is 8.13. The number of aliphatic hydroxyl groups is 1. The number of hydrogen-bond donors (Lipinski definition) is 1. The molecule has 30 heavy (non-hydrogen) atoms. The zero-order valence-electron chi connectivity index (χ0n) is 17.3. The van der Waals surface area contributed by atoms with Crippen molar-refractivity contribution in [1.29, 1.82) is 0 Å². The highest BCUT2D eigenvalue weighted by molar-refractivity contribution is 7.91. The van der Waals surface area contributed by atoms with E-state index >= 15 is 0 Å². The maximum absolute atomic E-state index is 13.4. The summed E-state index contributed by atoms with van der Waals surface area (Å²) >= 11 is 0. The normalized spacial score (nSPS) is 24.6. The molecule has 2 heterocycles. The van der Waals surface area contributed by atoms with Crippen molar-refractivity contribution in [1.82, 2.24) is 0 Å². The Bertz CT molecular complexity index is 1080. The van der Waals surface area contributed by atoms with Gasteiger partial charge in [0.25, 0.3) is 0 Å². The van der Waals surface area contributed by atoms with E-state index in [1.54, 1.807) is 47.4 Å². The molecule has 0 aromatic heterocycles. The molecule has 2 aliphatic heterocycles. The number of fused-ring (bicyclic) bond motifs is 1. The summed E-state index contributed by atoms with van der Waals surface area (Å²) in [5.74, 6) is 0.0623. The maximum Gasteiger partial charge on any atom is 0.227 e. The molecule has 1 N–H and O–H groups in total. The Kier molecular flexibility index (Phi) is 5.46. The van der Waals surface area contributed by atoms with Gasteiger partial charge in [-0.2, -0.15) is 0 Å². The predicted molar refractivity (Wildman–Crippen MR) is 113 cm³/mol. The highest BCUT2D eigenvalue weighted by Crippen LogP contribution is 2.37. The van der Waals surface area contributed by atoms with Crippen LogP contribution in [0.2, 0.25) is 0 Å². The molecule has 2 aliphatic rings. The van der Waals surface area contributed by atoms with Crippen LogP contribution in [0.15, 0.2) is 52.3 Å². The fourth-order valence-corrected chi connectivity index (χ4v) is 5.82. The summed E-state index contributed by atoms with van der Waals surface area (Å²) in [7, 11) is -3.76. The van der Waals surface area contributed by atoms with E-state index < -0.39 is 15.4 Å². The van der Waals surface area contributed by atoms with Gasteiger partial charge in [-0.15, -0.1) is 0 Å². The van der Waals surface area contributed by atoms with Crippen molar-refractivity contribution in [3.8, 4) is 0 Å². The number of anilines is 1. The van der Waals surface area contributed by atoms with E-state index in [2.05, 4.69) is 0 Å². The van der Waals surface area contributed by atoms with Crippen LogP contribution in [0.25, 0.3) is 0 Å². The lowest BCUT2D eigenvalue weighted by Gasteiger charge is -2.36. The molecule has 1 fully saturated rings. The molecule has 7 heteroatoms. The van der Waals surface area contributed by atoms with Gasteiger partial charge in [0, 0.05) is 31.5 Å². The van der Waals surface area contributed by atoms with Crippen LogP contribution in [-0.4, -0.2) is 38.7 Å². The van der Waals surface area contributed by atoms with Crippen molar-refractivity contribution < 1.29 is 23.1 Å². The van der Waals surface area contributed by atoms with Gasteiger partial charge < -0.3 is 14.7 Å². The van der Waals surface area contributed by atoms with E-state index in [0.717, 1.165) is 11.3 Å². The third kappa shape index (κ3) is 3.66. The number of benzene rings is 2. The fraction of sp³-hybridized carbons (Fsp3) is 0.435. The molecule has 4 rings (SSSR count). The molecule has 2 atom stereocenters. The molecule has 160 valence electrons. The molecule has 6 nitrogen and oxygen atoms in total. The maximum atomic E-state index is 13.4. The molecule has 0 aliphatic carbocycles. The highest BCUT2D eigenvalue weighted by atomic mass is 32.2. The predicted octanol–water partition coefficient (Wildman–Crippen LogP) is 3.21. The number of amides is 1. The molecule has 1 amide bonds. The summed E-state index contributed by atoms with van der Waals surface area (Å²) in [4.78, 5) is 14.2. The summed E-state index contributed by atoms with van der Waals surface area (Å²) in [5, 5.41) is 11.1. The summed E-state index contributed by atoms with van der Waals surface area (Å²) in [6, 6.07) is 11.6. The zero-order chi connectivity index (χ0) is 21.5. The highest BCUT2D eigenvalue weighted by Gasteiger charge is 2.36. The van der Waals surface area contributed by atoms with Crippen LogP contribution in [0.5, 0.6) is 0 Å². The van der Waals surface area contributed by atoms with Gasteiger partial charge in [-0.3, -0.25) is 4.79 Å². The minimum atomic E-state index is -3.76. The topological polar surface area (TPSA) is 83.9 Å². The first-order valence-corrected chi connectivity index (χ1v) is 11.9. The molecule has 0 bridgehead atoms. The lowest BCUT2D eigenvalue weighted by Crippen LogP contribution is -2.37. The average molecular weight is 430 g/mol. The standard InChI is InChI=1S/C23H27NO5S/c1-3-24-21-9-8-20(13-17(21)7-10-22(24)25)30(27,28)19-6-4-5-18(14-19)23(26)11-12-29-16(2)15-23/h4-6,8-9,13-14,16,26H,3,7,10-12,15H2,1-2H3. The summed E-state index contributed by atoms with van der Waals surface area (Å²) < 4.78 is 32.2. The van der Waals surface area contributed by atoms with Gasteiger partial charge in [-0.05, 0) is 61.7 Å². The Morgan fingerprint density at radius 2 is 1.93 bits per heavy atom. The van der Waals surface area contributed by atoms with Crippen molar-refractivity contribution in [2.45, 2.75) is 61.0 Å². The van der Waals surface area contributed by atoms with Crippen LogP contribution >= 0.6 is 0 Å². The second kappa shape index (κ2) is 7.80. The number of sulfone groups is 1. The van der Waals surface area contributed by atoms with Crippen LogP contribution in [-0.2, 0) is 31.4 Å². The lowest BCUT2D eigenvalue weighted by atomic mass is 9.84. The van der Waals surface area contributed by atoms with Gasteiger partial charge in [0.15, 0.2) is 0 Å². The Labute approximate surface area is 177 Å². The van der Waals surface area contributed by atoms with E-state index in [1.807, 2.05) is 13.8 Å². The van der Waals surface area contributed by atoms with E-state index in [-0.39, 0.29) is 21.8 Å². The first-order valence-electron chi connectivity index (χ1n) is 10.4. The van der Waals surface area contributed by atoms with E-state index in [0.29, 0.717) is 44.4 Å². The Hall–Kier alpha value is -2.22. The Balaban J connectivity index is 1.70. The molecule has 0 saturated carbocycles. The van der Waals surface area contributed by atoms with Gasteiger partial charge in [-0.1, -0.05) is 12.1 Å². The minimum Gasteiger partial charge on any atom is -0.385 e. The number of rotatable bonds is 4. The van der Waals surface area contributed by atoms with E-state index in [1.165, 1.54) is 0 Å². The van der Waals surface area contributed by atoms with Crippen LogP contribution in [0.4, 0.5) is 5.69 Å². The number of carbonyl (C=O) groups is 1. The van der Waals surface area contributed by atoms with Gasteiger partial charge in [0.2, 0.25) is 15.7 Å². The van der Waals surface area contributed by atoms with Gasteiger partial charge in [0.05, 0.1) is 28.1 Å². The van der Waals surface area contributed by atoms with Crippen molar-refractivity contribution in [2.24, 2.45) is 0 Å². The van der Waals surface area contributed by atoms with Crippen molar-refractivity contribution in [3.05, 3.63) is 53.6 Å². The molecule has 2 aromatic carbocycles. The number of aryl methyl sites for hydroxylation is 1. The molecule has 0 radical (unpaired) electrons. The molecule has 1 saturated heterocycles. The molecule has 2 aromatic rings. The summed E-state index contributed by atoms with van der Waals surface area (Å²) in [6.45, 7) is 4.81. The second-order valence-corrected chi connectivity index (χ2v) is 10.1. The van der Waals surface area contributed by atoms with Crippen molar-refractivity contribution in [2.75, 3.05) is 18.1 Å². The van der Waals surface area contributed by atoms with Gasteiger partial charge in [-0.25, -0.2) is 8.42 Å². The first-order chi connectivity index (χ1) is 14.2. The quantitative estimate of drug-likeness (QED) is 0.807. The number of carbonyl (C=O) groups excluding carboxylic acids is 1. The monoisotopic (exact) mass is 429 g/mol. The minimum absolute atomic E-state index is 0.0623. The number of ether oxygens (including phenoxy) is 1. The summed E-state index contributed by atoms with van der Waals surface area (Å²) in [5.41, 5.74) is 1.15. The van der Waals surface area contributed by atoms with E-state index in [9.17, 15) is 18.3 Å². The van der Waals surface area contributed by atoms with Gasteiger partial charge >= 0.3 is 0 Å². The molecule has 0 spiro atoms.